The zero-order valence-corrected chi connectivity index (χ0v) is 11.3. The van der Waals surface area contributed by atoms with E-state index in [1.807, 2.05) is 7.05 Å². The van der Waals surface area contributed by atoms with Crippen LogP contribution in [0.5, 0.6) is 0 Å². The molecule has 0 spiro atoms. The predicted molar refractivity (Wildman–Crippen MR) is 74.2 cm³/mol. The van der Waals surface area contributed by atoms with Crippen LogP contribution in [0.2, 0.25) is 0 Å². The van der Waals surface area contributed by atoms with Gasteiger partial charge in [0.25, 0.3) is 11.8 Å². The van der Waals surface area contributed by atoms with Crippen molar-refractivity contribution in [1.29, 1.82) is 0 Å². The third-order valence-corrected chi connectivity index (χ3v) is 3.45. The molecule has 2 amide bonds. The fourth-order valence-electron chi connectivity index (χ4n) is 2.22. The lowest BCUT2D eigenvalue weighted by molar-refractivity contribution is 0.0791. The summed E-state index contributed by atoms with van der Waals surface area (Å²) in [7, 11) is 1.83. The summed E-state index contributed by atoms with van der Waals surface area (Å²) in [6.07, 6.45) is 4.17. The van der Waals surface area contributed by atoms with E-state index in [-0.39, 0.29) is 11.8 Å². The van der Waals surface area contributed by atoms with E-state index < -0.39 is 0 Å². The van der Waals surface area contributed by atoms with Crippen molar-refractivity contribution < 1.29 is 9.59 Å². The highest BCUT2D eigenvalue weighted by molar-refractivity contribution is 5.97. The predicted octanol–water partition coefficient (Wildman–Crippen LogP) is 2.06. The van der Waals surface area contributed by atoms with Gasteiger partial charge in [0.2, 0.25) is 0 Å². The van der Waals surface area contributed by atoms with E-state index in [0.717, 1.165) is 38.8 Å². The largest absolute Gasteiger partial charge is 0.352 e. The maximum absolute atomic E-state index is 12.1. The Kier molecular flexibility index (Phi) is 4.55. The van der Waals surface area contributed by atoms with Gasteiger partial charge in [-0.2, -0.15) is 0 Å². The van der Waals surface area contributed by atoms with Gasteiger partial charge in [0.1, 0.15) is 0 Å². The van der Waals surface area contributed by atoms with Gasteiger partial charge in [-0.15, -0.1) is 0 Å². The number of rotatable bonds is 0. The molecule has 0 saturated carbocycles. The Morgan fingerprint density at radius 3 is 2.32 bits per heavy atom. The number of hydrogen-bond donors (Lipinski definition) is 1. The molecule has 2 bridgehead atoms. The number of carbonyl (C=O) groups excluding carboxylic acids is 2. The highest BCUT2D eigenvalue weighted by Crippen LogP contribution is 2.09. The minimum Gasteiger partial charge on any atom is -0.352 e. The number of nitrogens with zero attached hydrogens (tertiary/aromatic N) is 1. The fourth-order valence-corrected chi connectivity index (χ4v) is 2.22. The summed E-state index contributed by atoms with van der Waals surface area (Å²) in [5, 5.41) is 2.90. The molecule has 2 aliphatic heterocycles. The van der Waals surface area contributed by atoms with Crippen LogP contribution < -0.4 is 5.32 Å². The van der Waals surface area contributed by atoms with Gasteiger partial charge in [0, 0.05) is 31.3 Å². The molecule has 1 aromatic rings. The molecule has 102 valence electrons. The SMILES string of the molecule is CN1CCCCCCNC(=O)c2ccc(cc2)C1=O. The summed E-state index contributed by atoms with van der Waals surface area (Å²) in [6.45, 7) is 1.50. The summed E-state index contributed by atoms with van der Waals surface area (Å²) >= 11 is 0. The van der Waals surface area contributed by atoms with Gasteiger partial charge in [-0.25, -0.2) is 0 Å². The normalized spacial score (nSPS) is 18.1. The van der Waals surface area contributed by atoms with Crippen LogP contribution in [0.1, 0.15) is 46.4 Å². The van der Waals surface area contributed by atoms with Crippen LogP contribution >= 0.6 is 0 Å². The van der Waals surface area contributed by atoms with E-state index in [2.05, 4.69) is 5.32 Å². The summed E-state index contributed by atoms with van der Waals surface area (Å²) in [5.41, 5.74) is 1.24. The summed E-state index contributed by atoms with van der Waals surface area (Å²) in [6, 6.07) is 6.86. The zero-order valence-electron chi connectivity index (χ0n) is 11.3. The topological polar surface area (TPSA) is 49.4 Å². The van der Waals surface area contributed by atoms with Crippen molar-refractivity contribution in [3.8, 4) is 0 Å². The molecular weight excluding hydrogens is 240 g/mol. The van der Waals surface area contributed by atoms with Gasteiger partial charge in [-0.05, 0) is 37.1 Å². The molecule has 0 fully saturated rings. The second-order valence-electron chi connectivity index (χ2n) is 4.97. The second kappa shape index (κ2) is 6.36. The average molecular weight is 260 g/mol. The van der Waals surface area contributed by atoms with Crippen molar-refractivity contribution in [1.82, 2.24) is 10.2 Å². The third kappa shape index (κ3) is 3.56. The van der Waals surface area contributed by atoms with Gasteiger partial charge >= 0.3 is 0 Å². The molecule has 0 radical (unpaired) electrons. The van der Waals surface area contributed by atoms with Crippen molar-refractivity contribution in [2.24, 2.45) is 0 Å². The van der Waals surface area contributed by atoms with E-state index in [1.54, 1.807) is 29.2 Å². The van der Waals surface area contributed by atoms with Crippen molar-refractivity contribution in [3.05, 3.63) is 35.4 Å². The minimum absolute atomic E-state index is 0.0176. The quantitative estimate of drug-likeness (QED) is 0.776. The number of hydrogen-bond acceptors (Lipinski definition) is 2. The molecule has 4 heteroatoms. The Hall–Kier alpha value is -1.84. The highest BCUT2D eigenvalue weighted by atomic mass is 16.2. The fraction of sp³-hybridized carbons (Fsp3) is 0.467. The lowest BCUT2D eigenvalue weighted by atomic mass is 10.1. The first-order valence-corrected chi connectivity index (χ1v) is 6.82. The van der Waals surface area contributed by atoms with Crippen molar-refractivity contribution in [3.63, 3.8) is 0 Å². The Morgan fingerprint density at radius 2 is 1.58 bits per heavy atom. The van der Waals surface area contributed by atoms with E-state index in [9.17, 15) is 9.59 Å². The highest BCUT2D eigenvalue weighted by Gasteiger charge is 2.13. The molecule has 0 aromatic heterocycles. The minimum atomic E-state index is -0.0654. The molecule has 0 unspecified atom stereocenters. The molecule has 1 aromatic carbocycles. The van der Waals surface area contributed by atoms with Gasteiger partial charge < -0.3 is 10.2 Å². The molecular formula is C15H20N2O2. The number of amides is 2. The Balaban J connectivity index is 2.19. The van der Waals surface area contributed by atoms with Gasteiger partial charge in [0.15, 0.2) is 0 Å². The molecule has 2 aliphatic rings. The molecule has 1 N–H and O–H groups in total. The Labute approximate surface area is 113 Å². The van der Waals surface area contributed by atoms with Crippen LogP contribution in [0, 0.1) is 0 Å². The number of carbonyl (C=O) groups is 2. The Morgan fingerprint density at radius 1 is 0.947 bits per heavy atom. The van der Waals surface area contributed by atoms with Crippen LogP contribution in [0.3, 0.4) is 0 Å². The number of benzene rings is 1. The van der Waals surface area contributed by atoms with Crippen LogP contribution in [0.4, 0.5) is 0 Å². The molecule has 2 heterocycles. The third-order valence-electron chi connectivity index (χ3n) is 3.45. The van der Waals surface area contributed by atoms with E-state index in [0.29, 0.717) is 11.1 Å². The maximum atomic E-state index is 12.1. The van der Waals surface area contributed by atoms with Crippen molar-refractivity contribution in [2.75, 3.05) is 20.1 Å². The average Bonchev–Trinajstić information content (AvgIpc) is 2.44. The second-order valence-corrected chi connectivity index (χ2v) is 4.97. The van der Waals surface area contributed by atoms with Crippen LogP contribution in [-0.4, -0.2) is 36.9 Å². The monoisotopic (exact) mass is 260 g/mol. The molecule has 0 saturated heterocycles. The lowest BCUT2D eigenvalue weighted by Gasteiger charge is -2.18. The van der Waals surface area contributed by atoms with Gasteiger partial charge in [0.05, 0.1) is 0 Å². The summed E-state index contributed by atoms with van der Waals surface area (Å²) < 4.78 is 0. The first kappa shape index (κ1) is 13.6. The van der Waals surface area contributed by atoms with Crippen LogP contribution in [-0.2, 0) is 0 Å². The van der Waals surface area contributed by atoms with Gasteiger partial charge in [-0.1, -0.05) is 12.8 Å². The van der Waals surface area contributed by atoms with E-state index in [1.165, 1.54) is 0 Å². The van der Waals surface area contributed by atoms with Crippen LogP contribution in [0.25, 0.3) is 0 Å². The number of nitrogens with one attached hydrogen (secondary N) is 1. The first-order valence-electron chi connectivity index (χ1n) is 6.82. The zero-order chi connectivity index (χ0) is 13.7. The summed E-state index contributed by atoms with van der Waals surface area (Å²) in [5.74, 6) is -0.0477. The molecule has 3 rings (SSSR count). The van der Waals surface area contributed by atoms with E-state index >= 15 is 0 Å². The van der Waals surface area contributed by atoms with Crippen LogP contribution in [0.15, 0.2) is 24.3 Å². The maximum Gasteiger partial charge on any atom is 0.253 e. The standard InChI is InChI=1S/C15H20N2O2/c1-17-11-5-3-2-4-10-16-14(18)12-6-8-13(9-7-12)15(17)19/h6-9H,2-5,10-11H2,1H3,(H,16,18). The van der Waals surface area contributed by atoms with Crippen molar-refractivity contribution >= 4 is 11.8 Å². The molecule has 4 nitrogen and oxygen atoms in total. The van der Waals surface area contributed by atoms with E-state index in [4.69, 9.17) is 0 Å². The summed E-state index contributed by atoms with van der Waals surface area (Å²) in [4.78, 5) is 25.7. The smallest absolute Gasteiger partial charge is 0.253 e. The van der Waals surface area contributed by atoms with Crippen molar-refractivity contribution in [2.45, 2.75) is 25.7 Å². The molecule has 0 aliphatic carbocycles. The molecule has 0 atom stereocenters. The first-order chi connectivity index (χ1) is 9.18. The molecule has 19 heavy (non-hydrogen) atoms. The van der Waals surface area contributed by atoms with Gasteiger partial charge in [-0.3, -0.25) is 9.59 Å². The number of fused-ring (bicyclic) bond motifs is 11. The lowest BCUT2D eigenvalue weighted by Crippen LogP contribution is -2.28. The Bertz CT molecular complexity index is 454.